The molecule has 1 rings (SSSR count). The molecule has 0 radical (unpaired) electrons. The van der Waals surface area contributed by atoms with Gasteiger partial charge in [-0.3, -0.25) is 4.79 Å². The van der Waals surface area contributed by atoms with Gasteiger partial charge in [0.25, 0.3) is 0 Å². The van der Waals surface area contributed by atoms with Crippen LogP contribution in [0.4, 0.5) is 0 Å². The molecule has 0 atom stereocenters. The first-order valence-corrected chi connectivity index (χ1v) is 6.02. The molecule has 0 fully saturated rings. The highest BCUT2D eigenvalue weighted by molar-refractivity contribution is 9.10. The van der Waals surface area contributed by atoms with Crippen molar-refractivity contribution in [2.75, 3.05) is 13.7 Å². The van der Waals surface area contributed by atoms with Gasteiger partial charge in [-0.25, -0.2) is 4.79 Å². The predicted molar refractivity (Wildman–Crippen MR) is 68.0 cm³/mol. The Morgan fingerprint density at radius 2 is 2.00 bits per heavy atom. The fourth-order valence-corrected chi connectivity index (χ4v) is 1.93. The van der Waals surface area contributed by atoms with Crippen molar-refractivity contribution in [3.63, 3.8) is 0 Å². The Labute approximate surface area is 113 Å². The summed E-state index contributed by atoms with van der Waals surface area (Å²) >= 11 is 3.24. The molecule has 0 bridgehead atoms. The molecule has 1 aromatic rings. The molecule has 0 spiro atoms. The number of carbonyl (C=O) groups is 2. The van der Waals surface area contributed by atoms with E-state index in [0.29, 0.717) is 10.2 Å². The van der Waals surface area contributed by atoms with Crippen LogP contribution in [-0.2, 0) is 9.53 Å². The molecule has 0 aliphatic heterocycles. The molecule has 98 valence electrons. The Bertz CT molecular complexity index is 470. The Kier molecular flexibility index (Phi) is 5.15. The standard InChI is InChI=1S/C12H13BrO5/c1-4-17-12(15)8-5-9(13)11(16-3)10(6-8)18-7(2)14/h5-6H,4H2,1-3H3. The molecular formula is C12H13BrO5. The number of esters is 2. The number of halogens is 1. The summed E-state index contributed by atoms with van der Waals surface area (Å²) < 4.78 is 15.5. The molecule has 0 heterocycles. The van der Waals surface area contributed by atoms with Crippen LogP contribution in [0.2, 0.25) is 0 Å². The SMILES string of the molecule is CCOC(=O)c1cc(Br)c(OC)c(OC(C)=O)c1. The molecule has 0 aliphatic carbocycles. The van der Waals surface area contributed by atoms with E-state index in [1.54, 1.807) is 13.0 Å². The third-order valence-electron chi connectivity index (χ3n) is 1.98. The Hall–Kier alpha value is -1.56. The van der Waals surface area contributed by atoms with Gasteiger partial charge in [0, 0.05) is 6.92 Å². The molecule has 0 aromatic heterocycles. The van der Waals surface area contributed by atoms with Crippen molar-refractivity contribution in [3.05, 3.63) is 22.2 Å². The predicted octanol–water partition coefficient (Wildman–Crippen LogP) is 2.56. The number of rotatable bonds is 4. The highest BCUT2D eigenvalue weighted by Crippen LogP contribution is 2.36. The summed E-state index contributed by atoms with van der Waals surface area (Å²) in [6.07, 6.45) is 0. The van der Waals surface area contributed by atoms with Gasteiger partial charge >= 0.3 is 11.9 Å². The molecule has 0 amide bonds. The maximum absolute atomic E-state index is 11.6. The van der Waals surface area contributed by atoms with E-state index >= 15 is 0 Å². The highest BCUT2D eigenvalue weighted by atomic mass is 79.9. The highest BCUT2D eigenvalue weighted by Gasteiger charge is 2.17. The van der Waals surface area contributed by atoms with E-state index in [-0.39, 0.29) is 17.9 Å². The molecule has 0 saturated carbocycles. The lowest BCUT2D eigenvalue weighted by molar-refractivity contribution is -0.132. The van der Waals surface area contributed by atoms with Crippen molar-refractivity contribution in [2.45, 2.75) is 13.8 Å². The van der Waals surface area contributed by atoms with E-state index < -0.39 is 11.9 Å². The molecule has 18 heavy (non-hydrogen) atoms. The van der Waals surface area contributed by atoms with Crippen LogP contribution >= 0.6 is 15.9 Å². The van der Waals surface area contributed by atoms with Crippen molar-refractivity contribution in [1.29, 1.82) is 0 Å². The van der Waals surface area contributed by atoms with Gasteiger partial charge in [-0.15, -0.1) is 0 Å². The van der Waals surface area contributed by atoms with E-state index in [2.05, 4.69) is 15.9 Å². The van der Waals surface area contributed by atoms with Crippen molar-refractivity contribution < 1.29 is 23.8 Å². The maximum Gasteiger partial charge on any atom is 0.338 e. The molecule has 5 nitrogen and oxygen atoms in total. The van der Waals surface area contributed by atoms with Crippen LogP contribution in [-0.4, -0.2) is 25.7 Å². The fraction of sp³-hybridized carbons (Fsp3) is 0.333. The molecule has 1 aromatic carbocycles. The molecule has 0 unspecified atom stereocenters. The van der Waals surface area contributed by atoms with Gasteiger partial charge in [-0.2, -0.15) is 0 Å². The van der Waals surface area contributed by atoms with Crippen LogP contribution in [0.3, 0.4) is 0 Å². The molecular weight excluding hydrogens is 304 g/mol. The summed E-state index contributed by atoms with van der Waals surface area (Å²) in [4.78, 5) is 22.6. The lowest BCUT2D eigenvalue weighted by Crippen LogP contribution is -2.08. The minimum atomic E-state index is -0.499. The van der Waals surface area contributed by atoms with Gasteiger partial charge in [0.1, 0.15) is 0 Å². The first-order chi connectivity index (χ1) is 8.49. The van der Waals surface area contributed by atoms with Gasteiger partial charge in [0.05, 0.1) is 23.8 Å². The van der Waals surface area contributed by atoms with Crippen molar-refractivity contribution in [1.82, 2.24) is 0 Å². The minimum Gasteiger partial charge on any atom is -0.492 e. The molecule has 0 saturated heterocycles. The Balaban J connectivity index is 3.20. The van der Waals surface area contributed by atoms with E-state index in [9.17, 15) is 9.59 Å². The van der Waals surface area contributed by atoms with Gasteiger partial charge in [-0.1, -0.05) is 0 Å². The number of hydrogen-bond donors (Lipinski definition) is 0. The van der Waals surface area contributed by atoms with Gasteiger partial charge < -0.3 is 14.2 Å². The number of ether oxygens (including phenoxy) is 3. The van der Waals surface area contributed by atoms with Crippen molar-refractivity contribution >= 4 is 27.9 Å². The number of benzene rings is 1. The van der Waals surface area contributed by atoms with E-state index in [1.807, 2.05) is 0 Å². The first kappa shape index (κ1) is 14.5. The molecule has 6 heteroatoms. The second-order valence-electron chi connectivity index (χ2n) is 3.30. The number of carbonyl (C=O) groups excluding carboxylic acids is 2. The van der Waals surface area contributed by atoms with E-state index in [4.69, 9.17) is 14.2 Å². The molecule has 0 aliphatic rings. The van der Waals surface area contributed by atoms with Crippen molar-refractivity contribution in [3.8, 4) is 11.5 Å². The summed E-state index contributed by atoms with van der Waals surface area (Å²) in [7, 11) is 1.44. The van der Waals surface area contributed by atoms with Gasteiger partial charge in [-0.05, 0) is 35.0 Å². The zero-order chi connectivity index (χ0) is 13.7. The summed E-state index contributed by atoms with van der Waals surface area (Å²) in [5, 5.41) is 0. The van der Waals surface area contributed by atoms with Gasteiger partial charge in [0.2, 0.25) is 0 Å². The van der Waals surface area contributed by atoms with Crippen LogP contribution in [0.15, 0.2) is 16.6 Å². The quantitative estimate of drug-likeness (QED) is 0.631. The zero-order valence-electron chi connectivity index (χ0n) is 10.3. The summed E-state index contributed by atoms with van der Waals surface area (Å²) in [5.41, 5.74) is 0.278. The lowest BCUT2D eigenvalue weighted by Gasteiger charge is -2.11. The maximum atomic E-state index is 11.6. The van der Waals surface area contributed by atoms with Crippen LogP contribution in [0.25, 0.3) is 0 Å². The topological polar surface area (TPSA) is 61.8 Å². The third kappa shape index (κ3) is 3.46. The Morgan fingerprint density at radius 3 is 2.50 bits per heavy atom. The average molecular weight is 317 g/mol. The number of methoxy groups -OCH3 is 1. The van der Waals surface area contributed by atoms with Crippen molar-refractivity contribution in [2.24, 2.45) is 0 Å². The smallest absolute Gasteiger partial charge is 0.338 e. The monoisotopic (exact) mass is 316 g/mol. The summed E-state index contributed by atoms with van der Waals surface area (Å²) in [6.45, 7) is 3.25. The van der Waals surface area contributed by atoms with Crippen LogP contribution in [0.5, 0.6) is 11.5 Å². The van der Waals surface area contributed by atoms with Gasteiger partial charge in [0.15, 0.2) is 11.5 Å². The minimum absolute atomic E-state index is 0.169. The van der Waals surface area contributed by atoms with Crippen LogP contribution < -0.4 is 9.47 Å². The zero-order valence-corrected chi connectivity index (χ0v) is 11.9. The average Bonchev–Trinajstić information content (AvgIpc) is 2.28. The second-order valence-corrected chi connectivity index (χ2v) is 4.16. The fourth-order valence-electron chi connectivity index (χ4n) is 1.33. The second kappa shape index (κ2) is 6.39. The number of hydrogen-bond acceptors (Lipinski definition) is 5. The largest absolute Gasteiger partial charge is 0.492 e. The first-order valence-electron chi connectivity index (χ1n) is 5.22. The summed E-state index contributed by atoms with van der Waals surface area (Å²) in [5.74, 6) is -0.476. The Morgan fingerprint density at radius 1 is 1.33 bits per heavy atom. The molecule has 0 N–H and O–H groups in total. The van der Waals surface area contributed by atoms with E-state index in [0.717, 1.165) is 0 Å². The van der Waals surface area contributed by atoms with E-state index in [1.165, 1.54) is 20.1 Å². The summed E-state index contributed by atoms with van der Waals surface area (Å²) in [6, 6.07) is 2.95. The van der Waals surface area contributed by atoms with Crippen LogP contribution in [0, 0.1) is 0 Å². The lowest BCUT2D eigenvalue weighted by atomic mass is 10.2. The normalized spacial score (nSPS) is 9.78. The third-order valence-corrected chi connectivity index (χ3v) is 2.57. The van der Waals surface area contributed by atoms with Crippen LogP contribution in [0.1, 0.15) is 24.2 Å².